The van der Waals surface area contributed by atoms with Crippen LogP contribution in [0.4, 0.5) is 4.39 Å². The largest absolute Gasteiger partial charge is 0.361 e. The molecule has 1 heterocycles. The van der Waals surface area contributed by atoms with Gasteiger partial charge in [0, 0.05) is 23.4 Å². The molecule has 0 amide bonds. The van der Waals surface area contributed by atoms with Crippen molar-refractivity contribution in [3.63, 3.8) is 0 Å². The number of rotatable bonds is 1. The maximum absolute atomic E-state index is 13.6. The number of halogens is 1. The molecule has 106 valence electrons. The first kappa shape index (κ1) is 13.6. The van der Waals surface area contributed by atoms with E-state index in [1.54, 1.807) is 12.1 Å². The molecule has 0 fully saturated rings. The van der Waals surface area contributed by atoms with Crippen LogP contribution in [0.3, 0.4) is 0 Å². The highest BCUT2D eigenvalue weighted by molar-refractivity contribution is 5.99. The molecule has 1 atom stereocenters. The number of dihydropyridines is 1. The van der Waals surface area contributed by atoms with Crippen LogP contribution in [0.15, 0.2) is 46.8 Å². The number of nitrogens with one attached hydrogen (secondary N) is 1. The molecule has 1 aromatic rings. The van der Waals surface area contributed by atoms with Gasteiger partial charge in [-0.05, 0) is 37.5 Å². The van der Waals surface area contributed by atoms with Crippen molar-refractivity contribution in [3.8, 4) is 6.07 Å². The summed E-state index contributed by atoms with van der Waals surface area (Å²) in [4.78, 5) is 12.3. The SMILES string of the molecule is CC1=C(C#N)[C@@H](c2cccc(F)c2)C2=C(CCCC2=O)N1. The summed E-state index contributed by atoms with van der Waals surface area (Å²) in [5, 5.41) is 12.6. The molecule has 0 bridgehead atoms. The fourth-order valence-electron chi connectivity index (χ4n) is 3.15. The van der Waals surface area contributed by atoms with Gasteiger partial charge >= 0.3 is 0 Å². The summed E-state index contributed by atoms with van der Waals surface area (Å²) in [5.74, 6) is -0.751. The van der Waals surface area contributed by atoms with E-state index in [-0.39, 0.29) is 11.6 Å². The van der Waals surface area contributed by atoms with Crippen molar-refractivity contribution in [1.82, 2.24) is 5.32 Å². The molecule has 0 spiro atoms. The van der Waals surface area contributed by atoms with Crippen LogP contribution in [0.5, 0.6) is 0 Å². The van der Waals surface area contributed by atoms with Gasteiger partial charge in [-0.1, -0.05) is 12.1 Å². The number of Topliss-reactive ketones (excluding diaryl/α,β-unsaturated/α-hetero) is 1. The molecule has 0 saturated carbocycles. The molecule has 0 aromatic heterocycles. The number of ketones is 1. The smallest absolute Gasteiger partial charge is 0.161 e. The highest BCUT2D eigenvalue weighted by atomic mass is 19.1. The van der Waals surface area contributed by atoms with Gasteiger partial charge in [-0.15, -0.1) is 0 Å². The Balaban J connectivity index is 2.20. The van der Waals surface area contributed by atoms with Gasteiger partial charge in [0.25, 0.3) is 0 Å². The Hall–Kier alpha value is -2.41. The van der Waals surface area contributed by atoms with Crippen LogP contribution in [0, 0.1) is 17.1 Å². The molecule has 2 aliphatic rings. The lowest BCUT2D eigenvalue weighted by Crippen LogP contribution is -2.31. The van der Waals surface area contributed by atoms with Gasteiger partial charge in [0.15, 0.2) is 5.78 Å². The Bertz CT molecular complexity index is 725. The van der Waals surface area contributed by atoms with Crippen molar-refractivity contribution >= 4 is 5.78 Å². The molecule has 3 nitrogen and oxygen atoms in total. The molecular formula is C17H15FN2O. The van der Waals surface area contributed by atoms with Crippen LogP contribution in [-0.2, 0) is 4.79 Å². The molecule has 3 rings (SSSR count). The maximum atomic E-state index is 13.6. The molecular weight excluding hydrogens is 267 g/mol. The Labute approximate surface area is 122 Å². The number of carbonyl (C=O) groups is 1. The Kier molecular flexibility index (Phi) is 3.34. The van der Waals surface area contributed by atoms with E-state index in [1.807, 2.05) is 6.92 Å². The zero-order valence-corrected chi connectivity index (χ0v) is 11.7. The van der Waals surface area contributed by atoms with Gasteiger partial charge < -0.3 is 5.32 Å². The van der Waals surface area contributed by atoms with E-state index in [9.17, 15) is 14.4 Å². The van der Waals surface area contributed by atoms with E-state index >= 15 is 0 Å². The van der Waals surface area contributed by atoms with Crippen molar-refractivity contribution in [2.24, 2.45) is 0 Å². The second kappa shape index (κ2) is 5.17. The van der Waals surface area contributed by atoms with E-state index in [0.29, 0.717) is 23.1 Å². The second-order valence-electron chi connectivity index (χ2n) is 5.43. The molecule has 1 N–H and O–H groups in total. The van der Waals surface area contributed by atoms with Gasteiger partial charge in [-0.2, -0.15) is 5.26 Å². The van der Waals surface area contributed by atoms with Crippen LogP contribution in [-0.4, -0.2) is 5.78 Å². The molecule has 1 aromatic carbocycles. The first-order valence-corrected chi connectivity index (χ1v) is 7.01. The maximum Gasteiger partial charge on any atom is 0.161 e. The number of nitriles is 1. The summed E-state index contributed by atoms with van der Waals surface area (Å²) >= 11 is 0. The standard InChI is InChI=1S/C17H15FN2O/c1-10-13(9-19)16(11-4-2-5-12(18)8-11)17-14(20-10)6-3-7-15(17)21/h2,4-5,8,16,20H,3,6-7H2,1H3/t16-/m1/s1. The number of benzene rings is 1. The monoisotopic (exact) mass is 282 g/mol. The number of hydrogen-bond acceptors (Lipinski definition) is 3. The van der Waals surface area contributed by atoms with Crippen LogP contribution in [0.1, 0.15) is 37.7 Å². The molecule has 1 aliphatic carbocycles. The summed E-state index contributed by atoms with van der Waals surface area (Å²) in [6, 6.07) is 8.35. The predicted octanol–water partition coefficient (Wildman–Crippen LogP) is 3.32. The minimum absolute atomic E-state index is 0.0539. The zero-order chi connectivity index (χ0) is 15.0. The fourth-order valence-corrected chi connectivity index (χ4v) is 3.15. The molecule has 4 heteroatoms. The minimum Gasteiger partial charge on any atom is -0.361 e. The molecule has 0 radical (unpaired) electrons. The van der Waals surface area contributed by atoms with Crippen LogP contribution >= 0.6 is 0 Å². The summed E-state index contributed by atoms with van der Waals surface area (Å²) in [6.45, 7) is 1.83. The van der Waals surface area contributed by atoms with E-state index in [0.717, 1.165) is 24.2 Å². The van der Waals surface area contributed by atoms with Gasteiger partial charge in [-0.3, -0.25) is 4.79 Å². The number of nitrogens with zero attached hydrogens (tertiary/aromatic N) is 1. The lowest BCUT2D eigenvalue weighted by atomic mass is 9.76. The van der Waals surface area contributed by atoms with Crippen molar-refractivity contribution in [3.05, 3.63) is 58.2 Å². The molecule has 21 heavy (non-hydrogen) atoms. The first-order valence-electron chi connectivity index (χ1n) is 7.01. The number of allylic oxidation sites excluding steroid dienone is 4. The second-order valence-corrected chi connectivity index (χ2v) is 5.43. The summed E-state index contributed by atoms with van der Waals surface area (Å²) in [6.07, 6.45) is 2.10. The van der Waals surface area contributed by atoms with E-state index in [4.69, 9.17) is 0 Å². The average Bonchev–Trinajstić information content (AvgIpc) is 2.46. The average molecular weight is 282 g/mol. The number of hydrogen-bond donors (Lipinski definition) is 1. The third kappa shape index (κ3) is 2.25. The highest BCUT2D eigenvalue weighted by Gasteiger charge is 2.35. The normalized spacial score (nSPS) is 21.8. The van der Waals surface area contributed by atoms with Gasteiger partial charge in [0.05, 0.1) is 17.6 Å². The quantitative estimate of drug-likeness (QED) is 0.859. The highest BCUT2D eigenvalue weighted by Crippen LogP contribution is 2.41. The summed E-state index contributed by atoms with van der Waals surface area (Å²) < 4.78 is 13.6. The fraction of sp³-hybridized carbons (Fsp3) is 0.294. The van der Waals surface area contributed by atoms with Crippen molar-refractivity contribution in [2.45, 2.75) is 32.1 Å². The van der Waals surface area contributed by atoms with Crippen molar-refractivity contribution in [1.29, 1.82) is 5.26 Å². The van der Waals surface area contributed by atoms with Crippen LogP contribution < -0.4 is 5.32 Å². The van der Waals surface area contributed by atoms with Gasteiger partial charge in [0.2, 0.25) is 0 Å². The van der Waals surface area contributed by atoms with Crippen molar-refractivity contribution < 1.29 is 9.18 Å². The number of carbonyl (C=O) groups excluding carboxylic acids is 1. The molecule has 0 unspecified atom stereocenters. The van der Waals surface area contributed by atoms with Crippen LogP contribution in [0.25, 0.3) is 0 Å². The van der Waals surface area contributed by atoms with Gasteiger partial charge in [0.1, 0.15) is 5.82 Å². The van der Waals surface area contributed by atoms with Gasteiger partial charge in [-0.25, -0.2) is 4.39 Å². The van der Waals surface area contributed by atoms with E-state index in [2.05, 4.69) is 11.4 Å². The Morgan fingerprint density at radius 2 is 2.19 bits per heavy atom. The topological polar surface area (TPSA) is 52.9 Å². The first-order chi connectivity index (χ1) is 10.1. The minimum atomic E-state index is -0.449. The van der Waals surface area contributed by atoms with E-state index < -0.39 is 5.92 Å². The Morgan fingerprint density at radius 1 is 1.38 bits per heavy atom. The Morgan fingerprint density at radius 3 is 2.90 bits per heavy atom. The lowest BCUT2D eigenvalue weighted by Gasteiger charge is -2.32. The van der Waals surface area contributed by atoms with E-state index in [1.165, 1.54) is 12.1 Å². The molecule has 1 aliphatic heterocycles. The third-order valence-electron chi connectivity index (χ3n) is 4.08. The van der Waals surface area contributed by atoms with Crippen molar-refractivity contribution in [2.75, 3.05) is 0 Å². The summed E-state index contributed by atoms with van der Waals surface area (Å²) in [5.41, 5.74) is 3.43. The molecule has 0 saturated heterocycles. The lowest BCUT2D eigenvalue weighted by molar-refractivity contribution is -0.116. The third-order valence-corrected chi connectivity index (χ3v) is 4.08. The summed E-state index contributed by atoms with van der Waals surface area (Å²) in [7, 11) is 0. The van der Waals surface area contributed by atoms with Crippen LogP contribution in [0.2, 0.25) is 0 Å². The zero-order valence-electron chi connectivity index (χ0n) is 11.7. The predicted molar refractivity (Wildman–Crippen MR) is 76.5 cm³/mol.